The fourth-order valence-corrected chi connectivity index (χ4v) is 5.16. The van der Waals surface area contributed by atoms with Crippen LogP contribution in [0, 0.1) is 0 Å². The van der Waals surface area contributed by atoms with Gasteiger partial charge in [0.2, 0.25) is 0 Å². The van der Waals surface area contributed by atoms with Gasteiger partial charge in [-0.1, -0.05) is 42.8 Å². The molecule has 1 unspecified atom stereocenters. The topological polar surface area (TPSA) is 70.7 Å². The first-order chi connectivity index (χ1) is 15.3. The highest BCUT2D eigenvalue weighted by molar-refractivity contribution is 7.09. The van der Waals surface area contributed by atoms with Crippen LogP contribution < -0.4 is 5.32 Å². The zero-order chi connectivity index (χ0) is 21.0. The Labute approximate surface area is 186 Å². The summed E-state index contributed by atoms with van der Waals surface area (Å²) in [7, 11) is 0. The highest BCUT2D eigenvalue weighted by Gasteiger charge is 2.24. The van der Waals surface area contributed by atoms with Crippen molar-refractivity contribution in [3.05, 3.63) is 81.6 Å². The van der Waals surface area contributed by atoms with E-state index in [4.69, 9.17) is 0 Å². The van der Waals surface area contributed by atoms with Gasteiger partial charge in [-0.3, -0.25) is 4.79 Å². The van der Waals surface area contributed by atoms with E-state index < -0.39 is 0 Å². The van der Waals surface area contributed by atoms with E-state index in [9.17, 15) is 4.79 Å². The molecular weight excluding hydrogens is 404 g/mol. The summed E-state index contributed by atoms with van der Waals surface area (Å²) in [5, 5.41) is 6.10. The molecule has 0 fully saturated rings. The van der Waals surface area contributed by atoms with Gasteiger partial charge in [-0.25, -0.2) is 9.97 Å². The zero-order valence-electron chi connectivity index (χ0n) is 17.4. The van der Waals surface area contributed by atoms with Crippen molar-refractivity contribution < 1.29 is 4.79 Å². The van der Waals surface area contributed by atoms with Crippen LogP contribution in [0.1, 0.15) is 64.2 Å². The van der Waals surface area contributed by atoms with Crippen LogP contribution >= 0.6 is 11.3 Å². The van der Waals surface area contributed by atoms with E-state index in [1.54, 1.807) is 11.3 Å². The summed E-state index contributed by atoms with van der Waals surface area (Å²) in [5.41, 5.74) is 5.27. The Bertz CT molecular complexity index is 1160. The fraction of sp³-hybridized carbons (Fsp3) is 0.320. The van der Waals surface area contributed by atoms with Crippen LogP contribution in [0.5, 0.6) is 0 Å². The number of nitrogens with zero attached hydrogens (tertiary/aromatic N) is 2. The first-order valence-corrected chi connectivity index (χ1v) is 11.9. The minimum Gasteiger partial charge on any atom is -0.344 e. The second-order valence-electron chi connectivity index (χ2n) is 8.15. The molecule has 2 heterocycles. The Morgan fingerprint density at radius 2 is 1.87 bits per heavy atom. The molecular formula is C25H26N4OS. The SMILES string of the molecule is O=C(NC1CCc2ccccc21)c1csc(CCCCCc2nc3ccccc3[nH]2)n1. The quantitative estimate of drug-likeness (QED) is 0.368. The van der Waals surface area contributed by atoms with Crippen molar-refractivity contribution in [2.45, 2.75) is 51.0 Å². The number of para-hydroxylation sites is 2. The summed E-state index contributed by atoms with van der Waals surface area (Å²) in [4.78, 5) is 25.3. The lowest BCUT2D eigenvalue weighted by atomic mass is 10.1. The van der Waals surface area contributed by atoms with Crippen molar-refractivity contribution >= 4 is 28.3 Å². The van der Waals surface area contributed by atoms with Gasteiger partial charge >= 0.3 is 0 Å². The molecule has 0 saturated carbocycles. The number of benzene rings is 2. The smallest absolute Gasteiger partial charge is 0.271 e. The van der Waals surface area contributed by atoms with Gasteiger partial charge in [0.1, 0.15) is 11.5 Å². The second kappa shape index (κ2) is 9.02. The fourth-order valence-electron chi connectivity index (χ4n) is 4.34. The number of aromatic nitrogens is 3. The number of aromatic amines is 1. The Balaban J connectivity index is 1.07. The highest BCUT2D eigenvalue weighted by atomic mass is 32.1. The lowest BCUT2D eigenvalue weighted by molar-refractivity contribution is 0.0932. The molecule has 31 heavy (non-hydrogen) atoms. The first kappa shape index (κ1) is 19.9. The number of rotatable bonds is 8. The van der Waals surface area contributed by atoms with Crippen molar-refractivity contribution in [2.24, 2.45) is 0 Å². The highest BCUT2D eigenvalue weighted by Crippen LogP contribution is 2.31. The number of nitrogens with one attached hydrogen (secondary N) is 2. The number of thiazole rings is 1. The number of carbonyl (C=O) groups excluding carboxylic acids is 1. The number of hydrogen-bond donors (Lipinski definition) is 2. The Morgan fingerprint density at radius 1 is 1.03 bits per heavy atom. The normalized spacial score (nSPS) is 15.3. The molecule has 158 valence electrons. The predicted octanol–water partition coefficient (Wildman–Crippen LogP) is 5.39. The minimum absolute atomic E-state index is 0.0610. The summed E-state index contributed by atoms with van der Waals surface area (Å²) in [6.45, 7) is 0. The number of unbranched alkanes of at least 4 members (excludes halogenated alkanes) is 2. The standard InChI is InChI=1S/C25H26N4OS/c30-25(29-19-15-14-17-8-4-5-9-18(17)19)22-16-31-24(28-22)13-3-1-2-12-23-26-20-10-6-7-11-21(20)27-23/h4-11,16,19H,1-3,12-15H2,(H,26,27)(H,29,30). The van der Waals surface area contributed by atoms with E-state index in [-0.39, 0.29) is 11.9 Å². The van der Waals surface area contributed by atoms with Crippen LogP contribution in [-0.2, 0) is 19.3 Å². The average molecular weight is 431 g/mol. The summed E-state index contributed by atoms with van der Waals surface area (Å²) in [5.74, 6) is 0.997. The van der Waals surface area contributed by atoms with E-state index in [0.717, 1.165) is 66.8 Å². The minimum atomic E-state index is -0.0610. The Hall–Kier alpha value is -2.99. The molecule has 0 bridgehead atoms. The lowest BCUT2D eigenvalue weighted by Gasteiger charge is -2.12. The average Bonchev–Trinajstić information content (AvgIpc) is 3.52. The molecule has 2 aromatic carbocycles. The van der Waals surface area contributed by atoms with Crippen molar-refractivity contribution in [3.8, 4) is 0 Å². The van der Waals surface area contributed by atoms with Crippen LogP contribution in [0.3, 0.4) is 0 Å². The van der Waals surface area contributed by atoms with Gasteiger partial charge in [0.15, 0.2) is 0 Å². The third-order valence-electron chi connectivity index (χ3n) is 5.97. The summed E-state index contributed by atoms with van der Waals surface area (Å²) in [6.07, 6.45) is 7.17. The Morgan fingerprint density at radius 3 is 2.81 bits per heavy atom. The number of H-pyrrole nitrogens is 1. The molecule has 6 heteroatoms. The van der Waals surface area contributed by atoms with Gasteiger partial charge in [-0.2, -0.15) is 0 Å². The van der Waals surface area contributed by atoms with Gasteiger partial charge < -0.3 is 10.3 Å². The molecule has 4 aromatic rings. The van der Waals surface area contributed by atoms with E-state index in [1.165, 1.54) is 11.1 Å². The zero-order valence-corrected chi connectivity index (χ0v) is 18.3. The molecule has 0 radical (unpaired) electrons. The van der Waals surface area contributed by atoms with Crippen molar-refractivity contribution in [2.75, 3.05) is 0 Å². The van der Waals surface area contributed by atoms with Crippen LogP contribution in [0.4, 0.5) is 0 Å². The second-order valence-corrected chi connectivity index (χ2v) is 9.09. The van der Waals surface area contributed by atoms with Crippen LogP contribution in [0.2, 0.25) is 0 Å². The molecule has 1 aliphatic carbocycles. The van der Waals surface area contributed by atoms with Crippen molar-refractivity contribution in [3.63, 3.8) is 0 Å². The third-order valence-corrected chi connectivity index (χ3v) is 6.87. The van der Waals surface area contributed by atoms with Crippen LogP contribution in [0.25, 0.3) is 11.0 Å². The molecule has 1 atom stereocenters. The van der Waals surface area contributed by atoms with Gasteiger partial charge in [-0.05, 0) is 55.4 Å². The number of hydrogen-bond acceptors (Lipinski definition) is 4. The van der Waals surface area contributed by atoms with Gasteiger partial charge in [0.25, 0.3) is 5.91 Å². The number of aryl methyl sites for hydroxylation is 3. The summed E-state index contributed by atoms with van der Waals surface area (Å²) >= 11 is 1.59. The van der Waals surface area contributed by atoms with Crippen LogP contribution in [-0.4, -0.2) is 20.9 Å². The third kappa shape index (κ3) is 4.54. The van der Waals surface area contributed by atoms with E-state index in [2.05, 4.69) is 44.5 Å². The van der Waals surface area contributed by atoms with Crippen molar-refractivity contribution in [1.82, 2.24) is 20.3 Å². The van der Waals surface area contributed by atoms with Gasteiger partial charge in [0.05, 0.1) is 22.1 Å². The number of carbonyl (C=O) groups is 1. The van der Waals surface area contributed by atoms with Gasteiger partial charge in [0, 0.05) is 11.8 Å². The predicted molar refractivity (Wildman–Crippen MR) is 124 cm³/mol. The number of fused-ring (bicyclic) bond motifs is 2. The number of amides is 1. The molecule has 1 amide bonds. The maximum atomic E-state index is 12.7. The number of imidazole rings is 1. The molecule has 0 spiro atoms. The lowest BCUT2D eigenvalue weighted by Crippen LogP contribution is -2.27. The van der Waals surface area contributed by atoms with Crippen LogP contribution in [0.15, 0.2) is 53.9 Å². The molecule has 0 aliphatic heterocycles. The van der Waals surface area contributed by atoms with E-state index in [0.29, 0.717) is 5.69 Å². The monoisotopic (exact) mass is 430 g/mol. The van der Waals surface area contributed by atoms with E-state index >= 15 is 0 Å². The summed E-state index contributed by atoms with van der Waals surface area (Å²) in [6, 6.07) is 16.6. The maximum Gasteiger partial charge on any atom is 0.271 e. The van der Waals surface area contributed by atoms with Crippen molar-refractivity contribution in [1.29, 1.82) is 0 Å². The Kier molecular flexibility index (Phi) is 5.80. The molecule has 5 rings (SSSR count). The maximum absolute atomic E-state index is 12.7. The van der Waals surface area contributed by atoms with E-state index in [1.807, 2.05) is 29.6 Å². The molecule has 2 aromatic heterocycles. The molecule has 5 nitrogen and oxygen atoms in total. The molecule has 0 saturated heterocycles. The first-order valence-electron chi connectivity index (χ1n) is 11.0. The molecule has 2 N–H and O–H groups in total. The molecule has 1 aliphatic rings. The summed E-state index contributed by atoms with van der Waals surface area (Å²) < 4.78 is 0. The van der Waals surface area contributed by atoms with Gasteiger partial charge in [-0.15, -0.1) is 11.3 Å². The largest absolute Gasteiger partial charge is 0.344 e.